The number of hydrogen-bond donors (Lipinski definition) is 3. The Bertz CT molecular complexity index is 506. The summed E-state index contributed by atoms with van der Waals surface area (Å²) in [6.07, 6.45) is 0.0415. The quantitative estimate of drug-likeness (QED) is 0.673. The number of amides is 3. The molecular formula is C12H15N3O5. The highest BCUT2D eigenvalue weighted by atomic mass is 16.5. The fraction of sp³-hybridized carbons (Fsp3) is 0.333. The van der Waals surface area contributed by atoms with Crippen molar-refractivity contribution in [2.75, 3.05) is 25.6 Å². The van der Waals surface area contributed by atoms with Crippen molar-refractivity contribution in [1.29, 1.82) is 0 Å². The van der Waals surface area contributed by atoms with E-state index in [-0.39, 0.29) is 0 Å². The second kappa shape index (κ2) is 6.50. The first-order valence-corrected chi connectivity index (χ1v) is 5.99. The molecule has 108 valence electrons. The Morgan fingerprint density at radius 3 is 2.65 bits per heavy atom. The van der Waals surface area contributed by atoms with Gasteiger partial charge in [-0.3, -0.25) is 0 Å². The maximum Gasteiger partial charge on any atom is 0.425 e. The first-order valence-electron chi connectivity index (χ1n) is 5.99. The molecule has 0 saturated carbocycles. The number of carbonyl (C=O) groups is 2. The third-order valence-corrected chi connectivity index (χ3v) is 2.47. The summed E-state index contributed by atoms with van der Waals surface area (Å²) in [6, 6.07) is 4.43. The number of nitrogens with one attached hydrogen (secondary N) is 3. The highest BCUT2D eigenvalue weighted by Crippen LogP contribution is 2.32. The fourth-order valence-corrected chi connectivity index (χ4v) is 1.56. The standard InChI is InChI=1S/C12H15N3O5/c1-18-12(17)15-14-11(16)13-8-3-4-9-10(7-8)20-6-2-5-19-9/h3-4,7H,2,5-6H2,1H3,(H,15,17)(H2,13,14,16). The lowest BCUT2D eigenvalue weighted by molar-refractivity contribution is 0.166. The minimum absolute atomic E-state index is 0.512. The predicted octanol–water partition coefficient (Wildman–Crippen LogP) is 1.24. The molecule has 1 aromatic rings. The fourth-order valence-electron chi connectivity index (χ4n) is 1.56. The molecule has 1 aromatic carbocycles. The van der Waals surface area contributed by atoms with Crippen LogP contribution in [0.1, 0.15) is 6.42 Å². The van der Waals surface area contributed by atoms with Gasteiger partial charge in [-0.25, -0.2) is 20.4 Å². The number of rotatable bonds is 1. The van der Waals surface area contributed by atoms with Crippen molar-refractivity contribution < 1.29 is 23.8 Å². The van der Waals surface area contributed by atoms with Crippen LogP contribution in [0.3, 0.4) is 0 Å². The Morgan fingerprint density at radius 2 is 1.90 bits per heavy atom. The molecule has 0 aromatic heterocycles. The lowest BCUT2D eigenvalue weighted by Crippen LogP contribution is -2.43. The van der Waals surface area contributed by atoms with Gasteiger partial charge in [0.25, 0.3) is 0 Å². The van der Waals surface area contributed by atoms with E-state index >= 15 is 0 Å². The van der Waals surface area contributed by atoms with Crippen molar-refractivity contribution in [2.24, 2.45) is 0 Å². The second-order valence-electron chi connectivity index (χ2n) is 3.91. The van der Waals surface area contributed by atoms with Gasteiger partial charge >= 0.3 is 12.1 Å². The van der Waals surface area contributed by atoms with E-state index in [1.807, 2.05) is 5.43 Å². The van der Waals surface area contributed by atoms with Crippen molar-refractivity contribution in [1.82, 2.24) is 10.9 Å². The number of carbonyl (C=O) groups excluding carboxylic acids is 2. The summed E-state index contributed by atoms with van der Waals surface area (Å²) in [5.41, 5.74) is 4.69. The summed E-state index contributed by atoms with van der Waals surface area (Å²) in [5, 5.41) is 2.54. The maximum atomic E-state index is 11.5. The van der Waals surface area contributed by atoms with Crippen molar-refractivity contribution in [2.45, 2.75) is 6.42 Å². The molecule has 0 spiro atoms. The molecule has 1 aliphatic rings. The van der Waals surface area contributed by atoms with Gasteiger partial charge in [0.2, 0.25) is 0 Å². The number of anilines is 1. The van der Waals surface area contributed by atoms with Crippen molar-refractivity contribution >= 4 is 17.8 Å². The third kappa shape index (κ3) is 3.67. The minimum atomic E-state index is -0.765. The van der Waals surface area contributed by atoms with Crippen molar-refractivity contribution in [3.63, 3.8) is 0 Å². The van der Waals surface area contributed by atoms with Crippen LogP contribution in [0.4, 0.5) is 15.3 Å². The van der Waals surface area contributed by atoms with Gasteiger partial charge in [0.1, 0.15) is 0 Å². The topological polar surface area (TPSA) is 97.9 Å². The normalized spacial score (nSPS) is 12.8. The highest BCUT2D eigenvalue weighted by molar-refractivity contribution is 5.90. The zero-order valence-electron chi connectivity index (χ0n) is 10.9. The molecule has 1 aliphatic heterocycles. The summed E-state index contributed by atoms with van der Waals surface area (Å²) < 4.78 is 15.3. The van der Waals surface area contributed by atoms with Crippen LogP contribution in [0.2, 0.25) is 0 Å². The highest BCUT2D eigenvalue weighted by Gasteiger charge is 2.12. The number of fused-ring (bicyclic) bond motifs is 1. The minimum Gasteiger partial charge on any atom is -0.490 e. The summed E-state index contributed by atoms with van der Waals surface area (Å²) in [7, 11) is 1.19. The van der Waals surface area contributed by atoms with Crippen LogP contribution in [0.25, 0.3) is 0 Å². The van der Waals surface area contributed by atoms with Gasteiger partial charge in [-0.15, -0.1) is 0 Å². The van der Waals surface area contributed by atoms with Crippen LogP contribution in [-0.2, 0) is 4.74 Å². The van der Waals surface area contributed by atoms with E-state index in [2.05, 4.69) is 15.5 Å². The van der Waals surface area contributed by atoms with Gasteiger partial charge in [-0.1, -0.05) is 0 Å². The van der Waals surface area contributed by atoms with Crippen LogP contribution < -0.4 is 25.6 Å². The Hall–Kier alpha value is -2.64. The van der Waals surface area contributed by atoms with Gasteiger partial charge in [0.05, 0.1) is 20.3 Å². The van der Waals surface area contributed by atoms with Gasteiger partial charge in [-0.05, 0) is 12.1 Å². The predicted molar refractivity (Wildman–Crippen MR) is 69.7 cm³/mol. The molecule has 1 heterocycles. The molecular weight excluding hydrogens is 266 g/mol. The molecule has 0 saturated heterocycles. The first kappa shape index (κ1) is 13.8. The van der Waals surface area contributed by atoms with E-state index < -0.39 is 12.1 Å². The van der Waals surface area contributed by atoms with E-state index in [0.29, 0.717) is 30.4 Å². The van der Waals surface area contributed by atoms with E-state index in [1.165, 1.54) is 7.11 Å². The Labute approximate surface area is 115 Å². The summed E-state index contributed by atoms with van der Waals surface area (Å²) in [5.74, 6) is 1.21. The number of ether oxygens (including phenoxy) is 3. The van der Waals surface area contributed by atoms with E-state index in [0.717, 1.165) is 6.42 Å². The number of methoxy groups -OCH3 is 1. The van der Waals surface area contributed by atoms with Gasteiger partial charge < -0.3 is 19.5 Å². The molecule has 0 unspecified atom stereocenters. The molecule has 0 bridgehead atoms. The first-order chi connectivity index (χ1) is 9.69. The Balaban J connectivity index is 1.94. The molecule has 3 N–H and O–H groups in total. The third-order valence-electron chi connectivity index (χ3n) is 2.47. The van der Waals surface area contributed by atoms with Crippen LogP contribution in [0.15, 0.2) is 18.2 Å². The number of benzene rings is 1. The molecule has 0 atom stereocenters. The lowest BCUT2D eigenvalue weighted by atomic mass is 10.3. The van der Waals surface area contributed by atoms with E-state index in [1.54, 1.807) is 18.2 Å². The zero-order valence-corrected chi connectivity index (χ0v) is 10.9. The van der Waals surface area contributed by atoms with Crippen LogP contribution in [-0.4, -0.2) is 32.4 Å². The van der Waals surface area contributed by atoms with Crippen LogP contribution in [0, 0.1) is 0 Å². The SMILES string of the molecule is COC(=O)NNC(=O)Nc1ccc2c(c1)OCCCO2. The molecule has 8 heteroatoms. The Morgan fingerprint density at radius 1 is 1.15 bits per heavy atom. The number of urea groups is 1. The Kier molecular flexibility index (Phi) is 4.48. The van der Waals surface area contributed by atoms with Gasteiger partial charge in [0.15, 0.2) is 11.5 Å². The van der Waals surface area contributed by atoms with Crippen molar-refractivity contribution in [3.05, 3.63) is 18.2 Å². The van der Waals surface area contributed by atoms with Gasteiger partial charge in [0, 0.05) is 18.2 Å². The van der Waals surface area contributed by atoms with Crippen molar-refractivity contribution in [3.8, 4) is 11.5 Å². The smallest absolute Gasteiger partial charge is 0.425 e. The molecule has 2 rings (SSSR count). The monoisotopic (exact) mass is 281 g/mol. The summed E-state index contributed by atoms with van der Waals surface area (Å²) in [6.45, 7) is 1.16. The average molecular weight is 281 g/mol. The maximum absolute atomic E-state index is 11.5. The molecule has 0 fully saturated rings. The zero-order chi connectivity index (χ0) is 14.4. The van der Waals surface area contributed by atoms with E-state index in [4.69, 9.17) is 9.47 Å². The number of hydrazine groups is 1. The summed E-state index contributed by atoms with van der Waals surface area (Å²) >= 11 is 0. The van der Waals surface area contributed by atoms with Gasteiger partial charge in [-0.2, -0.15) is 0 Å². The molecule has 0 aliphatic carbocycles. The number of hydrogen-bond acceptors (Lipinski definition) is 5. The molecule has 20 heavy (non-hydrogen) atoms. The van der Waals surface area contributed by atoms with Crippen LogP contribution >= 0.6 is 0 Å². The molecule has 0 radical (unpaired) electrons. The average Bonchev–Trinajstić information content (AvgIpc) is 2.69. The summed E-state index contributed by atoms with van der Waals surface area (Å²) in [4.78, 5) is 22.3. The lowest BCUT2D eigenvalue weighted by Gasteiger charge is -2.11. The van der Waals surface area contributed by atoms with E-state index in [9.17, 15) is 9.59 Å². The van der Waals surface area contributed by atoms with Crippen LogP contribution in [0.5, 0.6) is 11.5 Å². The molecule has 8 nitrogen and oxygen atoms in total. The largest absolute Gasteiger partial charge is 0.490 e. The second-order valence-corrected chi connectivity index (χ2v) is 3.91. The molecule has 3 amide bonds.